The van der Waals surface area contributed by atoms with Crippen LogP contribution in [0.3, 0.4) is 0 Å². The number of amides is 1. The van der Waals surface area contributed by atoms with Gasteiger partial charge in [0.15, 0.2) is 0 Å². The van der Waals surface area contributed by atoms with Gasteiger partial charge in [0.05, 0.1) is 4.88 Å². The van der Waals surface area contributed by atoms with Gasteiger partial charge in [-0.3, -0.25) is 4.79 Å². The number of halogens is 3. The average molecular weight is 370 g/mol. The highest BCUT2D eigenvalue weighted by Gasteiger charge is 2.33. The molecule has 0 spiro atoms. The van der Waals surface area contributed by atoms with Gasteiger partial charge in [-0.15, -0.1) is 11.3 Å². The summed E-state index contributed by atoms with van der Waals surface area (Å²) in [5, 5.41) is 4.88. The van der Waals surface area contributed by atoms with Crippen molar-refractivity contribution in [3.63, 3.8) is 0 Å². The zero-order valence-electron chi connectivity index (χ0n) is 13.5. The van der Waals surface area contributed by atoms with Crippen LogP contribution in [0.25, 0.3) is 0 Å². The molecule has 1 amide bonds. The molecule has 0 atom stereocenters. The molecule has 3 rings (SSSR count). The summed E-state index contributed by atoms with van der Waals surface area (Å²) in [4.78, 5) is 22.0. The Bertz CT molecular complexity index is 754. The predicted octanol–water partition coefficient (Wildman–Crippen LogP) is 3.26. The van der Waals surface area contributed by atoms with Crippen molar-refractivity contribution in [1.82, 2.24) is 15.3 Å². The second-order valence-electron chi connectivity index (χ2n) is 5.93. The highest BCUT2D eigenvalue weighted by atomic mass is 32.1. The van der Waals surface area contributed by atoms with Gasteiger partial charge in [0.25, 0.3) is 5.91 Å². The first kappa shape index (κ1) is 17.7. The fourth-order valence-corrected chi connectivity index (χ4v) is 3.61. The van der Waals surface area contributed by atoms with Crippen molar-refractivity contribution >= 4 is 23.1 Å². The zero-order valence-corrected chi connectivity index (χ0v) is 14.3. The lowest BCUT2D eigenvalue weighted by atomic mass is 10.0. The summed E-state index contributed by atoms with van der Waals surface area (Å²) in [5.74, 6) is 0.175. The first-order valence-electron chi connectivity index (χ1n) is 7.84. The first-order valence-corrected chi connectivity index (χ1v) is 8.71. The number of alkyl halides is 3. The largest absolute Gasteiger partial charge is 0.433 e. The van der Waals surface area contributed by atoms with Gasteiger partial charge in [-0.2, -0.15) is 13.2 Å². The number of piperidine rings is 1. The van der Waals surface area contributed by atoms with Crippen LogP contribution in [0.2, 0.25) is 0 Å². The molecule has 0 radical (unpaired) electrons. The minimum absolute atomic E-state index is 0.00849. The standard InChI is InChI=1S/C16H17F3N4OS/c1-10-4-7-25-14(10)15(24)22-11-2-5-23(6-3-11)13-8-12(16(17,18)19)20-9-21-13/h4,7-9,11H,2-3,5-6H2,1H3,(H,22,24). The normalized spacial score (nSPS) is 16.1. The summed E-state index contributed by atoms with van der Waals surface area (Å²) in [6, 6.07) is 2.87. The quantitative estimate of drug-likeness (QED) is 0.901. The Kier molecular flexibility index (Phi) is 4.94. The van der Waals surface area contributed by atoms with Crippen molar-refractivity contribution in [2.75, 3.05) is 18.0 Å². The number of thiophene rings is 1. The monoisotopic (exact) mass is 370 g/mol. The van der Waals surface area contributed by atoms with E-state index in [0.29, 0.717) is 30.8 Å². The van der Waals surface area contributed by atoms with Crippen LogP contribution in [0.4, 0.5) is 19.0 Å². The predicted molar refractivity (Wildman–Crippen MR) is 88.8 cm³/mol. The second-order valence-corrected chi connectivity index (χ2v) is 6.84. The molecule has 9 heteroatoms. The number of anilines is 1. The molecule has 1 aliphatic rings. The highest BCUT2D eigenvalue weighted by Crippen LogP contribution is 2.29. The number of aryl methyl sites for hydroxylation is 1. The molecule has 1 aliphatic heterocycles. The van der Waals surface area contributed by atoms with Crippen LogP contribution in [0, 0.1) is 6.92 Å². The third-order valence-corrected chi connectivity index (χ3v) is 5.18. The van der Waals surface area contributed by atoms with Gasteiger partial charge in [0.2, 0.25) is 0 Å². The van der Waals surface area contributed by atoms with Gasteiger partial charge in [0.1, 0.15) is 17.8 Å². The summed E-state index contributed by atoms with van der Waals surface area (Å²) < 4.78 is 38.3. The molecule has 0 aliphatic carbocycles. The number of aromatic nitrogens is 2. The number of nitrogens with zero attached hydrogens (tertiary/aromatic N) is 3. The summed E-state index contributed by atoms with van der Waals surface area (Å²) in [7, 11) is 0. The SMILES string of the molecule is Cc1ccsc1C(=O)NC1CCN(c2cc(C(F)(F)F)ncn2)CC1. The van der Waals surface area contributed by atoms with Gasteiger partial charge in [-0.1, -0.05) is 0 Å². The van der Waals surface area contributed by atoms with E-state index in [2.05, 4.69) is 15.3 Å². The second kappa shape index (κ2) is 6.99. The van der Waals surface area contributed by atoms with Crippen LogP contribution in [0.5, 0.6) is 0 Å². The fourth-order valence-electron chi connectivity index (χ4n) is 2.78. The molecule has 0 bridgehead atoms. The zero-order chi connectivity index (χ0) is 18.0. The van der Waals surface area contributed by atoms with Crippen molar-refractivity contribution < 1.29 is 18.0 Å². The van der Waals surface area contributed by atoms with E-state index >= 15 is 0 Å². The molecule has 1 saturated heterocycles. The molecule has 2 aromatic rings. The number of nitrogens with one attached hydrogen (secondary N) is 1. The molecule has 0 aromatic carbocycles. The molecular weight excluding hydrogens is 353 g/mol. The number of rotatable bonds is 3. The fraction of sp³-hybridized carbons (Fsp3) is 0.438. The van der Waals surface area contributed by atoms with Gasteiger partial charge >= 0.3 is 6.18 Å². The molecule has 25 heavy (non-hydrogen) atoms. The molecule has 5 nitrogen and oxygen atoms in total. The van der Waals surface area contributed by atoms with Crippen LogP contribution in [0.1, 0.15) is 33.8 Å². The van der Waals surface area contributed by atoms with Crippen LogP contribution in [-0.2, 0) is 6.18 Å². The Morgan fingerprint density at radius 3 is 2.64 bits per heavy atom. The molecule has 0 saturated carbocycles. The lowest BCUT2D eigenvalue weighted by Crippen LogP contribution is -2.45. The van der Waals surface area contributed by atoms with E-state index in [-0.39, 0.29) is 17.8 Å². The Balaban J connectivity index is 1.59. The number of hydrogen-bond donors (Lipinski definition) is 1. The van der Waals surface area contributed by atoms with E-state index in [0.717, 1.165) is 18.0 Å². The van der Waals surface area contributed by atoms with E-state index in [1.807, 2.05) is 18.4 Å². The lowest BCUT2D eigenvalue weighted by Gasteiger charge is -2.33. The Morgan fingerprint density at radius 2 is 2.04 bits per heavy atom. The van der Waals surface area contributed by atoms with E-state index in [1.54, 1.807) is 4.90 Å². The van der Waals surface area contributed by atoms with E-state index in [9.17, 15) is 18.0 Å². The molecule has 1 N–H and O–H groups in total. The minimum Gasteiger partial charge on any atom is -0.356 e. The maximum absolute atomic E-state index is 12.8. The minimum atomic E-state index is -4.48. The summed E-state index contributed by atoms with van der Waals surface area (Å²) in [6.45, 7) is 2.95. The summed E-state index contributed by atoms with van der Waals surface area (Å²) >= 11 is 1.40. The van der Waals surface area contributed by atoms with Crippen LogP contribution < -0.4 is 10.2 Å². The van der Waals surface area contributed by atoms with Crippen LogP contribution >= 0.6 is 11.3 Å². The van der Waals surface area contributed by atoms with Gasteiger partial charge in [-0.25, -0.2) is 9.97 Å². The number of hydrogen-bond acceptors (Lipinski definition) is 5. The van der Waals surface area contributed by atoms with Gasteiger partial charge in [-0.05, 0) is 36.8 Å². The van der Waals surface area contributed by atoms with Crippen LogP contribution in [-0.4, -0.2) is 35.0 Å². The van der Waals surface area contributed by atoms with E-state index < -0.39 is 11.9 Å². The molecule has 134 valence electrons. The van der Waals surface area contributed by atoms with Crippen molar-refractivity contribution in [3.8, 4) is 0 Å². The van der Waals surface area contributed by atoms with Gasteiger partial charge in [0, 0.05) is 25.2 Å². The molecule has 1 fully saturated rings. The summed E-state index contributed by atoms with van der Waals surface area (Å²) in [5.41, 5.74) is 0.00157. The maximum Gasteiger partial charge on any atom is 0.433 e. The number of carbonyl (C=O) groups is 1. The van der Waals surface area contributed by atoms with Crippen molar-refractivity contribution in [1.29, 1.82) is 0 Å². The van der Waals surface area contributed by atoms with Crippen molar-refractivity contribution in [2.24, 2.45) is 0 Å². The Hall–Kier alpha value is -2.16. The average Bonchev–Trinajstić information content (AvgIpc) is 3.01. The molecular formula is C16H17F3N4OS. The third-order valence-electron chi connectivity index (χ3n) is 4.17. The summed E-state index contributed by atoms with van der Waals surface area (Å²) in [6.07, 6.45) is -2.24. The molecule has 0 unspecified atom stereocenters. The Labute approximate surface area is 146 Å². The van der Waals surface area contributed by atoms with Gasteiger partial charge < -0.3 is 10.2 Å². The van der Waals surface area contributed by atoms with Crippen molar-refractivity contribution in [2.45, 2.75) is 32.0 Å². The molecule has 3 heterocycles. The third kappa shape index (κ3) is 4.09. The number of carbonyl (C=O) groups excluding carboxylic acids is 1. The van der Waals surface area contributed by atoms with E-state index in [1.165, 1.54) is 11.3 Å². The van der Waals surface area contributed by atoms with Crippen molar-refractivity contribution in [3.05, 3.63) is 40.0 Å². The smallest absolute Gasteiger partial charge is 0.356 e. The topological polar surface area (TPSA) is 58.1 Å². The maximum atomic E-state index is 12.8. The molecule has 2 aromatic heterocycles. The lowest BCUT2D eigenvalue weighted by molar-refractivity contribution is -0.141. The van der Waals surface area contributed by atoms with Crippen LogP contribution in [0.15, 0.2) is 23.8 Å². The Morgan fingerprint density at radius 1 is 1.32 bits per heavy atom. The first-order chi connectivity index (χ1) is 11.8. The van der Waals surface area contributed by atoms with E-state index in [4.69, 9.17) is 0 Å². The highest BCUT2D eigenvalue weighted by molar-refractivity contribution is 7.12.